The first-order chi connectivity index (χ1) is 35.5. The highest BCUT2D eigenvalue weighted by molar-refractivity contribution is 5.80. The number of carbonyl (C=O) groups is 1. The minimum absolute atomic E-state index is 0.365. The predicted octanol–water partition coefficient (Wildman–Crippen LogP) is 19.8. The van der Waals surface area contributed by atoms with Crippen molar-refractivity contribution in [2.45, 2.75) is 385 Å². The van der Waals surface area contributed by atoms with E-state index in [4.69, 9.17) is 0 Å². The normalized spacial score (nSPS) is 13.7. The van der Waals surface area contributed by atoms with E-state index >= 15 is 0 Å². The van der Waals surface area contributed by atoms with E-state index in [1.54, 1.807) is 0 Å². The van der Waals surface area contributed by atoms with Gasteiger partial charge in [0.25, 0.3) is 0 Å². The number of aliphatic hydroxyl groups is 4. The first-order valence-corrected chi connectivity index (χ1v) is 32.7. The zero-order chi connectivity index (χ0) is 52.3. The second-order valence-corrected chi connectivity index (χ2v) is 22.8. The summed E-state index contributed by atoms with van der Waals surface area (Å²) in [7, 11) is 0. The highest BCUT2D eigenvalue weighted by Crippen LogP contribution is 2.19. The quantitative estimate of drug-likeness (QED) is 0.0308. The third-order valence-corrected chi connectivity index (χ3v) is 15.6. The summed E-state index contributed by atoms with van der Waals surface area (Å²) in [5, 5.41) is 44.0. The van der Waals surface area contributed by atoms with Crippen molar-refractivity contribution in [1.29, 1.82) is 0 Å². The van der Waals surface area contributed by atoms with Crippen LogP contribution in [0.5, 0.6) is 0 Å². The fourth-order valence-electron chi connectivity index (χ4n) is 10.5. The van der Waals surface area contributed by atoms with Gasteiger partial charge in [-0.1, -0.05) is 334 Å². The van der Waals surface area contributed by atoms with Crippen LogP contribution < -0.4 is 5.32 Å². The predicted molar refractivity (Wildman–Crippen MR) is 316 cm³/mol. The molecule has 0 aliphatic carbocycles. The molecular formula is C66H129NO5. The van der Waals surface area contributed by atoms with Gasteiger partial charge in [-0.2, -0.15) is 0 Å². The Labute approximate surface area is 450 Å². The van der Waals surface area contributed by atoms with Crippen molar-refractivity contribution in [3.8, 4) is 0 Å². The van der Waals surface area contributed by atoms with Crippen LogP contribution in [0.4, 0.5) is 0 Å². The molecule has 5 N–H and O–H groups in total. The molecule has 0 radical (unpaired) electrons. The van der Waals surface area contributed by atoms with Crippen molar-refractivity contribution >= 4 is 5.91 Å². The minimum Gasteiger partial charge on any atom is -0.394 e. The van der Waals surface area contributed by atoms with Gasteiger partial charge in [-0.3, -0.25) is 4.79 Å². The molecule has 1 amide bonds. The van der Waals surface area contributed by atoms with Crippen LogP contribution in [0.1, 0.15) is 361 Å². The van der Waals surface area contributed by atoms with E-state index in [0.29, 0.717) is 19.3 Å². The number of unbranched alkanes of at least 4 members (excludes halogenated alkanes) is 48. The number of rotatable bonds is 61. The Morgan fingerprint density at radius 3 is 0.875 bits per heavy atom. The average Bonchev–Trinajstić information content (AvgIpc) is 3.39. The van der Waals surface area contributed by atoms with E-state index < -0.39 is 36.9 Å². The van der Waals surface area contributed by atoms with Crippen LogP contribution in [0.15, 0.2) is 24.3 Å². The SMILES string of the molecule is CCCCCCCCCCC/C=C/CC/C=C/CCCC(O)C(O)C(CO)NC(=O)C(O)CCCCCCCCCCCCCCCCCCCCCCCCCCCCCCCCCCCCCCCC. The summed E-state index contributed by atoms with van der Waals surface area (Å²) in [4.78, 5) is 12.6. The Hall–Kier alpha value is -1.21. The lowest BCUT2D eigenvalue weighted by atomic mass is 10.00. The van der Waals surface area contributed by atoms with Crippen molar-refractivity contribution in [2.24, 2.45) is 0 Å². The highest BCUT2D eigenvalue weighted by atomic mass is 16.3. The molecule has 0 rings (SSSR count). The number of amides is 1. The largest absolute Gasteiger partial charge is 0.394 e. The molecule has 0 aromatic heterocycles. The Balaban J connectivity index is 3.51. The maximum Gasteiger partial charge on any atom is 0.249 e. The summed E-state index contributed by atoms with van der Waals surface area (Å²) in [5.74, 6) is -0.591. The molecule has 0 aromatic rings. The van der Waals surface area contributed by atoms with Gasteiger partial charge in [0.1, 0.15) is 12.2 Å². The van der Waals surface area contributed by atoms with Gasteiger partial charge in [0, 0.05) is 0 Å². The Morgan fingerprint density at radius 2 is 0.583 bits per heavy atom. The molecule has 0 saturated carbocycles. The molecule has 6 heteroatoms. The van der Waals surface area contributed by atoms with E-state index in [0.717, 1.165) is 38.5 Å². The molecule has 6 nitrogen and oxygen atoms in total. The lowest BCUT2D eigenvalue weighted by Gasteiger charge is -2.27. The van der Waals surface area contributed by atoms with Crippen molar-refractivity contribution < 1.29 is 25.2 Å². The summed E-state index contributed by atoms with van der Waals surface area (Å²) in [6.07, 6.45) is 75.9. The fourth-order valence-corrected chi connectivity index (χ4v) is 10.5. The zero-order valence-corrected chi connectivity index (χ0v) is 48.7. The lowest BCUT2D eigenvalue weighted by molar-refractivity contribution is -0.132. The Bertz CT molecular complexity index is 1100. The van der Waals surface area contributed by atoms with Gasteiger partial charge in [-0.25, -0.2) is 0 Å². The monoisotopic (exact) mass is 1020 g/mol. The summed E-state index contributed by atoms with van der Waals surface area (Å²) in [5.41, 5.74) is 0. The van der Waals surface area contributed by atoms with E-state index in [-0.39, 0.29) is 0 Å². The van der Waals surface area contributed by atoms with E-state index in [9.17, 15) is 25.2 Å². The van der Waals surface area contributed by atoms with Crippen LogP contribution in [-0.2, 0) is 4.79 Å². The third kappa shape index (κ3) is 53.6. The molecule has 428 valence electrons. The van der Waals surface area contributed by atoms with Gasteiger partial charge in [0.15, 0.2) is 0 Å². The number of hydrogen-bond donors (Lipinski definition) is 5. The molecule has 0 fully saturated rings. The first-order valence-electron chi connectivity index (χ1n) is 32.7. The fraction of sp³-hybridized carbons (Fsp3) is 0.924. The summed E-state index contributed by atoms with van der Waals surface area (Å²) < 4.78 is 0. The second kappa shape index (κ2) is 60.7. The Kier molecular flexibility index (Phi) is 59.6. The van der Waals surface area contributed by atoms with Gasteiger partial charge in [0.2, 0.25) is 5.91 Å². The van der Waals surface area contributed by atoms with Gasteiger partial charge < -0.3 is 25.7 Å². The number of hydrogen-bond acceptors (Lipinski definition) is 5. The van der Waals surface area contributed by atoms with E-state index in [1.165, 1.54) is 289 Å². The highest BCUT2D eigenvalue weighted by Gasteiger charge is 2.28. The standard InChI is InChI=1S/C66H129NO5/c1-3-5-7-9-11-13-15-17-19-21-23-24-25-26-27-28-29-30-31-32-33-34-35-36-37-38-39-40-41-42-44-46-48-50-52-54-56-58-60-64(70)66(72)67-62(61-68)65(71)63(69)59-57-55-53-51-49-47-45-43-22-20-18-16-14-12-10-8-6-4-2/h43,45,51,53,62-65,68-71H,3-42,44,46-50,52,54-61H2,1-2H3,(H,67,72)/b45-43+,53-51+. The van der Waals surface area contributed by atoms with E-state index in [2.05, 4.69) is 43.5 Å². The third-order valence-electron chi connectivity index (χ3n) is 15.6. The molecule has 0 heterocycles. The second-order valence-electron chi connectivity index (χ2n) is 22.8. The smallest absolute Gasteiger partial charge is 0.249 e. The van der Waals surface area contributed by atoms with Gasteiger partial charge in [-0.05, 0) is 51.4 Å². The van der Waals surface area contributed by atoms with Crippen LogP contribution in [0.25, 0.3) is 0 Å². The molecule has 0 aliphatic heterocycles. The maximum atomic E-state index is 12.6. The average molecular weight is 1020 g/mol. The number of carbonyl (C=O) groups excluding carboxylic acids is 1. The molecule has 4 unspecified atom stereocenters. The topological polar surface area (TPSA) is 110 Å². The molecule has 0 saturated heterocycles. The molecule has 0 aliphatic rings. The molecule has 4 atom stereocenters. The molecule has 72 heavy (non-hydrogen) atoms. The van der Waals surface area contributed by atoms with Crippen LogP contribution in [0.3, 0.4) is 0 Å². The molecule has 0 spiro atoms. The maximum absolute atomic E-state index is 12.6. The van der Waals surface area contributed by atoms with Crippen LogP contribution in [0, 0.1) is 0 Å². The number of allylic oxidation sites excluding steroid dienone is 4. The minimum atomic E-state index is -1.29. The summed E-state index contributed by atoms with van der Waals surface area (Å²) >= 11 is 0. The number of aliphatic hydroxyl groups excluding tert-OH is 4. The number of nitrogens with one attached hydrogen (secondary N) is 1. The molecule has 0 aromatic carbocycles. The first kappa shape index (κ1) is 70.8. The van der Waals surface area contributed by atoms with Gasteiger partial charge in [-0.15, -0.1) is 0 Å². The van der Waals surface area contributed by atoms with Crippen molar-refractivity contribution in [3.63, 3.8) is 0 Å². The van der Waals surface area contributed by atoms with Crippen molar-refractivity contribution in [2.75, 3.05) is 6.61 Å². The van der Waals surface area contributed by atoms with Crippen molar-refractivity contribution in [1.82, 2.24) is 5.32 Å². The molecule has 0 bridgehead atoms. The van der Waals surface area contributed by atoms with E-state index in [1.807, 2.05) is 0 Å². The van der Waals surface area contributed by atoms with Gasteiger partial charge >= 0.3 is 0 Å². The van der Waals surface area contributed by atoms with Crippen LogP contribution in [0.2, 0.25) is 0 Å². The van der Waals surface area contributed by atoms with Gasteiger partial charge in [0.05, 0.1) is 18.8 Å². The molecular weight excluding hydrogens is 887 g/mol. The summed E-state index contributed by atoms with van der Waals surface area (Å²) in [6.45, 7) is 4.08. The van der Waals surface area contributed by atoms with Crippen LogP contribution >= 0.6 is 0 Å². The summed E-state index contributed by atoms with van der Waals surface area (Å²) in [6, 6.07) is -1.01. The zero-order valence-electron chi connectivity index (χ0n) is 48.7. The Morgan fingerprint density at radius 1 is 0.333 bits per heavy atom. The van der Waals surface area contributed by atoms with Crippen LogP contribution in [-0.4, -0.2) is 57.3 Å². The van der Waals surface area contributed by atoms with Crippen molar-refractivity contribution in [3.05, 3.63) is 24.3 Å². The lowest BCUT2D eigenvalue weighted by Crippen LogP contribution is -2.53.